The second kappa shape index (κ2) is 4.99. The van der Waals surface area contributed by atoms with Gasteiger partial charge in [0, 0.05) is 12.6 Å². The van der Waals surface area contributed by atoms with Gasteiger partial charge in [-0.15, -0.1) is 0 Å². The average molecular weight is 211 g/mol. The van der Waals surface area contributed by atoms with Crippen LogP contribution in [0.2, 0.25) is 0 Å². The van der Waals surface area contributed by atoms with Crippen LogP contribution < -0.4 is 0 Å². The Bertz CT molecular complexity index is 235. The van der Waals surface area contributed by atoms with E-state index in [-0.39, 0.29) is 6.54 Å². The first-order valence-corrected chi connectivity index (χ1v) is 3.86. The van der Waals surface area contributed by atoms with Crippen LogP contribution in [0.1, 0.15) is 6.92 Å². The van der Waals surface area contributed by atoms with Gasteiger partial charge in [-0.3, -0.25) is 4.90 Å². The minimum absolute atomic E-state index is 0.00813. The number of likely N-dealkylation sites (N-methyl/N-ethyl adjacent to an activating group) is 1. The summed E-state index contributed by atoms with van der Waals surface area (Å²) in [6, 6.07) is 0. The number of hydrogen-bond donors (Lipinski definition) is 1. The van der Waals surface area contributed by atoms with Gasteiger partial charge in [-0.2, -0.15) is 13.2 Å². The van der Waals surface area contributed by atoms with Crippen LogP contribution in [0.4, 0.5) is 13.2 Å². The van der Waals surface area contributed by atoms with E-state index in [1.165, 1.54) is 14.0 Å². The molecule has 0 unspecified atom stereocenters. The summed E-state index contributed by atoms with van der Waals surface area (Å²) in [5.74, 6) is -1.15. The van der Waals surface area contributed by atoms with E-state index in [0.717, 1.165) is 11.0 Å². The number of hydrogen-bond acceptors (Lipinski definition) is 2. The molecule has 0 heterocycles. The fourth-order valence-electron chi connectivity index (χ4n) is 1.04. The molecule has 0 aliphatic carbocycles. The number of halogens is 3. The van der Waals surface area contributed by atoms with E-state index in [4.69, 9.17) is 5.11 Å². The van der Waals surface area contributed by atoms with Crippen molar-refractivity contribution in [2.24, 2.45) is 0 Å². The van der Waals surface area contributed by atoms with E-state index < -0.39 is 18.7 Å². The average Bonchev–Trinajstić information content (AvgIpc) is 1.77. The smallest absolute Gasteiger partial charge is 0.401 e. The summed E-state index contributed by atoms with van der Waals surface area (Å²) in [5.41, 5.74) is 0.379. The number of carbonyl (C=O) groups is 1. The Morgan fingerprint density at radius 1 is 1.50 bits per heavy atom. The lowest BCUT2D eigenvalue weighted by molar-refractivity contribution is -0.142. The van der Waals surface area contributed by atoms with Gasteiger partial charge in [0.05, 0.1) is 6.54 Å². The normalized spacial score (nSPS) is 13.4. The van der Waals surface area contributed by atoms with E-state index in [1.54, 1.807) is 0 Å². The number of carboxylic acids is 1. The lowest BCUT2D eigenvalue weighted by Crippen LogP contribution is -2.32. The highest BCUT2D eigenvalue weighted by atomic mass is 19.4. The quantitative estimate of drug-likeness (QED) is 0.716. The van der Waals surface area contributed by atoms with Gasteiger partial charge in [0.2, 0.25) is 0 Å². The molecule has 0 spiro atoms. The molecule has 0 atom stereocenters. The number of carboxylic acid groups (broad SMARTS) is 1. The minimum atomic E-state index is -4.25. The van der Waals surface area contributed by atoms with E-state index in [0.29, 0.717) is 5.57 Å². The molecule has 3 nitrogen and oxygen atoms in total. The molecule has 0 aromatic rings. The third-order valence-corrected chi connectivity index (χ3v) is 1.34. The van der Waals surface area contributed by atoms with Gasteiger partial charge >= 0.3 is 12.1 Å². The Labute approximate surface area is 79.8 Å². The monoisotopic (exact) mass is 211 g/mol. The number of nitrogens with zero attached hydrogens (tertiary/aromatic N) is 1. The van der Waals surface area contributed by atoms with Crippen LogP contribution in [-0.4, -0.2) is 42.3 Å². The molecular weight excluding hydrogens is 199 g/mol. The maximum absolute atomic E-state index is 11.8. The first kappa shape index (κ1) is 13.0. The summed E-state index contributed by atoms with van der Waals surface area (Å²) in [6.45, 7) is 0.421. The van der Waals surface area contributed by atoms with Gasteiger partial charge < -0.3 is 5.11 Å². The van der Waals surface area contributed by atoms with Gasteiger partial charge in [-0.05, 0) is 14.0 Å². The van der Waals surface area contributed by atoms with Crippen molar-refractivity contribution in [2.45, 2.75) is 13.1 Å². The molecule has 14 heavy (non-hydrogen) atoms. The van der Waals surface area contributed by atoms with Gasteiger partial charge in [0.15, 0.2) is 0 Å². The minimum Gasteiger partial charge on any atom is -0.478 e. The third-order valence-electron chi connectivity index (χ3n) is 1.34. The highest BCUT2D eigenvalue weighted by Crippen LogP contribution is 2.15. The van der Waals surface area contributed by atoms with Gasteiger partial charge in [0.25, 0.3) is 0 Å². The zero-order valence-electron chi connectivity index (χ0n) is 7.93. The summed E-state index contributed by atoms with van der Waals surface area (Å²) in [4.78, 5) is 11.2. The molecule has 0 bridgehead atoms. The third kappa shape index (κ3) is 7.60. The van der Waals surface area contributed by atoms with Crippen LogP contribution in [0.5, 0.6) is 0 Å². The lowest BCUT2D eigenvalue weighted by atomic mass is 10.2. The van der Waals surface area contributed by atoms with Gasteiger partial charge in [-0.1, -0.05) is 5.57 Å². The molecule has 0 rings (SSSR count). The molecule has 0 saturated carbocycles. The van der Waals surface area contributed by atoms with Crippen LogP contribution in [0.25, 0.3) is 0 Å². The van der Waals surface area contributed by atoms with Gasteiger partial charge in [-0.25, -0.2) is 4.79 Å². The molecule has 82 valence electrons. The van der Waals surface area contributed by atoms with Crippen LogP contribution in [0, 0.1) is 0 Å². The summed E-state index contributed by atoms with van der Waals surface area (Å²) >= 11 is 0. The molecular formula is C8H12F3NO2. The van der Waals surface area contributed by atoms with E-state index in [2.05, 4.69) is 0 Å². The fourth-order valence-corrected chi connectivity index (χ4v) is 1.04. The molecule has 0 aliphatic rings. The predicted octanol–water partition coefficient (Wildman–Crippen LogP) is 1.51. The molecule has 0 aromatic carbocycles. The molecule has 0 saturated heterocycles. The number of alkyl halides is 3. The Hall–Kier alpha value is -1.04. The molecule has 0 fully saturated rings. The Balaban J connectivity index is 4.07. The highest BCUT2D eigenvalue weighted by Gasteiger charge is 2.28. The predicted molar refractivity (Wildman–Crippen MR) is 44.9 cm³/mol. The van der Waals surface area contributed by atoms with Crippen molar-refractivity contribution in [3.63, 3.8) is 0 Å². The topological polar surface area (TPSA) is 40.5 Å². The van der Waals surface area contributed by atoms with Crippen molar-refractivity contribution >= 4 is 5.97 Å². The maximum Gasteiger partial charge on any atom is 0.401 e. The highest BCUT2D eigenvalue weighted by molar-refractivity contribution is 5.80. The van der Waals surface area contributed by atoms with Crippen LogP contribution >= 0.6 is 0 Å². The maximum atomic E-state index is 11.8. The summed E-state index contributed by atoms with van der Waals surface area (Å²) in [7, 11) is 1.28. The first-order valence-electron chi connectivity index (χ1n) is 3.86. The van der Waals surface area contributed by atoms with Crippen molar-refractivity contribution in [3.8, 4) is 0 Å². The van der Waals surface area contributed by atoms with Gasteiger partial charge in [0.1, 0.15) is 0 Å². The van der Waals surface area contributed by atoms with Crippen molar-refractivity contribution in [3.05, 3.63) is 11.6 Å². The molecule has 0 aliphatic heterocycles. The summed E-state index contributed by atoms with van der Waals surface area (Å²) in [5, 5.41) is 8.31. The Kier molecular flexibility index (Phi) is 4.62. The fraction of sp³-hybridized carbons (Fsp3) is 0.625. The molecule has 6 heteroatoms. The Morgan fingerprint density at radius 2 is 2.00 bits per heavy atom. The largest absolute Gasteiger partial charge is 0.478 e. The number of rotatable bonds is 4. The molecule has 0 amide bonds. The number of aliphatic carboxylic acids is 1. The van der Waals surface area contributed by atoms with Crippen molar-refractivity contribution in [2.75, 3.05) is 20.1 Å². The SMILES string of the molecule is CC(=CC(=O)O)CN(C)CC(F)(F)F. The zero-order chi connectivity index (χ0) is 11.4. The van der Waals surface area contributed by atoms with Crippen LogP contribution in [0.3, 0.4) is 0 Å². The second-order valence-electron chi connectivity index (χ2n) is 3.12. The molecule has 1 N–H and O–H groups in total. The molecule has 0 aromatic heterocycles. The zero-order valence-corrected chi connectivity index (χ0v) is 7.93. The van der Waals surface area contributed by atoms with Crippen LogP contribution in [-0.2, 0) is 4.79 Å². The second-order valence-corrected chi connectivity index (χ2v) is 3.12. The van der Waals surface area contributed by atoms with E-state index >= 15 is 0 Å². The van der Waals surface area contributed by atoms with Crippen molar-refractivity contribution < 1.29 is 23.1 Å². The van der Waals surface area contributed by atoms with Crippen molar-refractivity contribution in [1.82, 2.24) is 4.90 Å². The first-order chi connectivity index (χ1) is 6.20. The standard InChI is InChI=1S/C8H12F3NO2/c1-6(3-7(13)14)4-12(2)5-8(9,10)11/h3H,4-5H2,1-2H3,(H,13,14). The van der Waals surface area contributed by atoms with Crippen LogP contribution in [0.15, 0.2) is 11.6 Å². The lowest BCUT2D eigenvalue weighted by Gasteiger charge is -2.18. The van der Waals surface area contributed by atoms with E-state index in [9.17, 15) is 18.0 Å². The van der Waals surface area contributed by atoms with E-state index in [1.807, 2.05) is 0 Å². The Morgan fingerprint density at radius 3 is 2.36 bits per heavy atom. The summed E-state index contributed by atoms with van der Waals surface area (Å²) in [6.07, 6.45) is -3.36. The van der Waals surface area contributed by atoms with Crippen molar-refractivity contribution in [1.29, 1.82) is 0 Å². The summed E-state index contributed by atoms with van der Waals surface area (Å²) < 4.78 is 35.5. The molecule has 0 radical (unpaired) electrons.